The van der Waals surface area contributed by atoms with Gasteiger partial charge in [0.05, 0.1) is 26.4 Å². The molecule has 0 heterocycles. The van der Waals surface area contributed by atoms with Crippen molar-refractivity contribution in [1.82, 2.24) is 0 Å². The molecule has 0 aliphatic carbocycles. The second-order valence-corrected chi connectivity index (χ2v) is 8.26. The van der Waals surface area contributed by atoms with E-state index in [9.17, 15) is 0 Å². The Morgan fingerprint density at radius 3 is 0.591 bits per heavy atom. The molecule has 0 saturated carbocycles. The van der Waals surface area contributed by atoms with Gasteiger partial charge in [-0.1, -0.05) is 0 Å². The van der Waals surface area contributed by atoms with Crippen LogP contribution in [-0.4, -0.2) is 93.7 Å². The topological polar surface area (TPSA) is 199 Å². The van der Waals surface area contributed by atoms with Crippen molar-refractivity contribution in [2.24, 2.45) is 0 Å². The highest BCUT2D eigenvalue weighted by Crippen LogP contribution is 2.17. The minimum absolute atomic E-state index is 0.000869. The van der Waals surface area contributed by atoms with E-state index in [0.29, 0.717) is 23.0 Å². The number of hydrogen-bond acceptors (Lipinski definition) is 12. The summed E-state index contributed by atoms with van der Waals surface area (Å²) in [6, 6.07) is 25.4. The Morgan fingerprint density at radius 1 is 0.295 bits per heavy atom. The highest BCUT2D eigenvalue weighted by molar-refractivity contribution is 5.32. The first kappa shape index (κ1) is 37.1. The van der Waals surface area contributed by atoms with E-state index in [-0.39, 0.29) is 75.9 Å². The number of ether oxygens (including phenoxy) is 4. The third kappa shape index (κ3) is 18.5. The molecular formula is C32H40O12. The lowest BCUT2D eigenvalue weighted by Gasteiger charge is -2.02. The molecule has 4 aromatic rings. The Labute approximate surface area is 255 Å². The van der Waals surface area contributed by atoms with Crippen LogP contribution in [0.15, 0.2) is 97.1 Å². The molecule has 0 unspecified atom stereocenters. The highest BCUT2D eigenvalue weighted by Gasteiger charge is 1.94. The number of benzene rings is 4. The minimum atomic E-state index is 0.000869. The summed E-state index contributed by atoms with van der Waals surface area (Å²) in [6.45, 7) is 1.13. The predicted molar refractivity (Wildman–Crippen MR) is 163 cm³/mol. The monoisotopic (exact) mass is 616 g/mol. The summed E-state index contributed by atoms with van der Waals surface area (Å²) >= 11 is 0. The van der Waals surface area contributed by atoms with Crippen LogP contribution in [0.25, 0.3) is 0 Å². The Balaban J connectivity index is 0.000000293. The molecule has 0 saturated heterocycles. The number of rotatable bonds is 12. The molecule has 0 aliphatic rings. The van der Waals surface area contributed by atoms with Crippen molar-refractivity contribution in [2.45, 2.75) is 0 Å². The van der Waals surface area contributed by atoms with E-state index in [1.165, 1.54) is 48.5 Å². The van der Waals surface area contributed by atoms with Gasteiger partial charge >= 0.3 is 0 Å². The third-order valence-corrected chi connectivity index (χ3v) is 4.79. The summed E-state index contributed by atoms with van der Waals surface area (Å²) in [5, 5.41) is 69.1. The van der Waals surface area contributed by atoms with Crippen molar-refractivity contribution in [3.63, 3.8) is 0 Å². The zero-order valence-corrected chi connectivity index (χ0v) is 24.1. The standard InChI is InChI=1S/4C8H10O3/c4*9-5-6-11-8-3-1-7(10)2-4-8/h4*1-4,9-10H,5-6H2. The lowest BCUT2D eigenvalue weighted by molar-refractivity contribution is 0.201. The molecule has 0 atom stereocenters. The van der Waals surface area contributed by atoms with Crippen molar-refractivity contribution in [3.8, 4) is 46.0 Å². The van der Waals surface area contributed by atoms with Crippen LogP contribution in [0.1, 0.15) is 0 Å². The maximum atomic E-state index is 8.88. The maximum Gasteiger partial charge on any atom is 0.119 e. The van der Waals surface area contributed by atoms with E-state index < -0.39 is 0 Å². The quantitative estimate of drug-likeness (QED) is 0.116. The molecule has 0 fully saturated rings. The average molecular weight is 617 g/mol. The van der Waals surface area contributed by atoms with Gasteiger partial charge in [-0.2, -0.15) is 0 Å². The summed E-state index contributed by atoms with van der Waals surface area (Å²) in [7, 11) is 0. The van der Waals surface area contributed by atoms with E-state index in [1.807, 2.05) is 0 Å². The van der Waals surface area contributed by atoms with Gasteiger partial charge in [0.1, 0.15) is 72.4 Å². The Morgan fingerprint density at radius 2 is 0.455 bits per heavy atom. The fourth-order valence-corrected chi connectivity index (χ4v) is 2.82. The van der Waals surface area contributed by atoms with Crippen molar-refractivity contribution in [2.75, 3.05) is 52.9 Å². The molecule has 44 heavy (non-hydrogen) atoms. The molecule has 240 valence electrons. The van der Waals surface area contributed by atoms with E-state index in [1.54, 1.807) is 48.5 Å². The summed E-state index contributed by atoms with van der Waals surface area (Å²) < 4.78 is 20.2. The van der Waals surface area contributed by atoms with E-state index in [0.717, 1.165) is 0 Å². The molecule has 0 bridgehead atoms. The number of aliphatic hydroxyl groups is 4. The van der Waals surface area contributed by atoms with Crippen LogP contribution in [0.2, 0.25) is 0 Å². The largest absolute Gasteiger partial charge is 0.508 e. The Hall–Kier alpha value is -4.88. The zero-order valence-electron chi connectivity index (χ0n) is 24.1. The van der Waals surface area contributed by atoms with Crippen LogP contribution in [-0.2, 0) is 0 Å². The summed E-state index contributed by atoms with van der Waals surface area (Å²) in [5.74, 6) is 3.44. The second kappa shape index (κ2) is 23.7. The summed E-state index contributed by atoms with van der Waals surface area (Å²) in [5.41, 5.74) is 0. The first-order valence-electron chi connectivity index (χ1n) is 13.4. The third-order valence-electron chi connectivity index (χ3n) is 4.79. The Bertz CT molecular complexity index is 1020. The normalized spacial score (nSPS) is 9.55. The molecular weight excluding hydrogens is 576 g/mol. The molecule has 4 aromatic carbocycles. The lowest BCUT2D eigenvalue weighted by atomic mass is 10.3. The molecule has 12 nitrogen and oxygen atoms in total. The number of phenolic OH excluding ortho intramolecular Hbond substituents is 4. The number of hydrogen-bond donors (Lipinski definition) is 8. The van der Waals surface area contributed by atoms with Crippen LogP contribution < -0.4 is 18.9 Å². The fourth-order valence-electron chi connectivity index (χ4n) is 2.82. The van der Waals surface area contributed by atoms with Crippen LogP contribution in [0.5, 0.6) is 46.0 Å². The predicted octanol–water partition coefficient (Wildman–Crippen LogP) is 3.05. The Kier molecular flexibility index (Phi) is 20.0. The van der Waals surface area contributed by atoms with Crippen LogP contribution in [0.4, 0.5) is 0 Å². The SMILES string of the molecule is OCCOc1ccc(O)cc1.OCCOc1ccc(O)cc1.OCCOc1ccc(O)cc1.OCCOc1ccc(O)cc1. The maximum absolute atomic E-state index is 8.88. The van der Waals surface area contributed by atoms with Crippen LogP contribution in [0.3, 0.4) is 0 Å². The van der Waals surface area contributed by atoms with Crippen molar-refractivity contribution in [1.29, 1.82) is 0 Å². The molecule has 8 N–H and O–H groups in total. The van der Waals surface area contributed by atoms with Crippen molar-refractivity contribution in [3.05, 3.63) is 97.1 Å². The van der Waals surface area contributed by atoms with Gasteiger partial charge in [0.2, 0.25) is 0 Å². The van der Waals surface area contributed by atoms with E-state index in [4.69, 9.17) is 59.8 Å². The van der Waals surface area contributed by atoms with Gasteiger partial charge in [-0.05, 0) is 97.1 Å². The van der Waals surface area contributed by atoms with Crippen molar-refractivity contribution >= 4 is 0 Å². The van der Waals surface area contributed by atoms with E-state index in [2.05, 4.69) is 0 Å². The number of aromatic hydroxyl groups is 4. The van der Waals surface area contributed by atoms with Gasteiger partial charge < -0.3 is 59.8 Å². The average Bonchev–Trinajstić information content (AvgIpc) is 3.05. The van der Waals surface area contributed by atoms with E-state index >= 15 is 0 Å². The van der Waals surface area contributed by atoms with Gasteiger partial charge in [0.25, 0.3) is 0 Å². The first-order valence-corrected chi connectivity index (χ1v) is 13.4. The first-order chi connectivity index (χ1) is 21.3. The van der Waals surface area contributed by atoms with Crippen molar-refractivity contribution < 1.29 is 59.8 Å². The lowest BCUT2D eigenvalue weighted by Crippen LogP contribution is -2.00. The van der Waals surface area contributed by atoms with Gasteiger partial charge in [0, 0.05) is 0 Å². The number of phenols is 4. The smallest absolute Gasteiger partial charge is 0.119 e. The van der Waals surface area contributed by atoms with Gasteiger partial charge in [-0.3, -0.25) is 0 Å². The molecule has 12 heteroatoms. The molecule has 0 amide bonds. The van der Waals surface area contributed by atoms with Gasteiger partial charge in [0.15, 0.2) is 0 Å². The zero-order chi connectivity index (χ0) is 32.4. The highest BCUT2D eigenvalue weighted by atomic mass is 16.5. The van der Waals surface area contributed by atoms with Crippen LogP contribution in [0, 0.1) is 0 Å². The molecule has 4 rings (SSSR count). The summed E-state index contributed by atoms with van der Waals surface area (Å²) in [6.07, 6.45) is 0. The second-order valence-electron chi connectivity index (χ2n) is 8.26. The fraction of sp³-hybridized carbons (Fsp3) is 0.250. The number of aliphatic hydroxyl groups excluding tert-OH is 4. The van der Waals surface area contributed by atoms with Gasteiger partial charge in [-0.15, -0.1) is 0 Å². The minimum Gasteiger partial charge on any atom is -0.508 e. The molecule has 0 spiro atoms. The van der Waals surface area contributed by atoms with Crippen LogP contribution >= 0.6 is 0 Å². The molecule has 0 aromatic heterocycles. The molecule has 0 aliphatic heterocycles. The van der Waals surface area contributed by atoms with Gasteiger partial charge in [-0.25, -0.2) is 0 Å². The summed E-state index contributed by atoms with van der Waals surface area (Å²) in [4.78, 5) is 0. The molecule has 0 radical (unpaired) electrons.